The monoisotopic (exact) mass is 622 g/mol. The SMILES string of the molecule is CC(=O)C1CCC2C3CCC4C(SCCC(=O)NCCCOCCOCCOCCCN)C(=O)CC[C@]4(C)C3CC[C@]12C. The Hall–Kier alpha value is -1.00. The molecule has 43 heavy (non-hydrogen) atoms. The minimum Gasteiger partial charge on any atom is -0.379 e. The first-order valence-corrected chi connectivity index (χ1v) is 18.1. The van der Waals surface area contributed by atoms with Gasteiger partial charge in [-0.05, 0) is 106 Å². The highest BCUT2D eigenvalue weighted by molar-refractivity contribution is 8.00. The van der Waals surface area contributed by atoms with Crippen molar-refractivity contribution >= 4 is 29.2 Å². The number of nitrogens with one attached hydrogen (secondary N) is 1. The smallest absolute Gasteiger partial charge is 0.220 e. The van der Waals surface area contributed by atoms with Gasteiger partial charge < -0.3 is 25.3 Å². The zero-order chi connectivity index (χ0) is 30.9. The van der Waals surface area contributed by atoms with Crippen molar-refractivity contribution in [3.63, 3.8) is 0 Å². The maximum atomic E-state index is 13.2. The predicted octanol–water partition coefficient (Wildman–Crippen LogP) is 4.81. The van der Waals surface area contributed by atoms with Crippen molar-refractivity contribution < 1.29 is 28.6 Å². The maximum Gasteiger partial charge on any atom is 0.220 e. The molecule has 0 aromatic heterocycles. The van der Waals surface area contributed by atoms with Crippen molar-refractivity contribution in [1.82, 2.24) is 5.32 Å². The molecule has 0 spiro atoms. The van der Waals surface area contributed by atoms with E-state index in [0.29, 0.717) is 107 Å². The van der Waals surface area contributed by atoms with Crippen LogP contribution in [0.25, 0.3) is 0 Å². The van der Waals surface area contributed by atoms with Crippen molar-refractivity contribution in [1.29, 1.82) is 0 Å². The summed E-state index contributed by atoms with van der Waals surface area (Å²) in [6, 6.07) is 0. The first-order chi connectivity index (χ1) is 20.7. The van der Waals surface area contributed by atoms with Gasteiger partial charge in [-0.2, -0.15) is 0 Å². The Morgan fingerprint density at radius 3 is 2.21 bits per heavy atom. The second-order valence-corrected chi connectivity index (χ2v) is 15.3. The van der Waals surface area contributed by atoms with E-state index in [1.807, 2.05) is 0 Å². The molecule has 0 aromatic rings. The van der Waals surface area contributed by atoms with Crippen molar-refractivity contribution in [3.05, 3.63) is 0 Å². The molecule has 8 nitrogen and oxygen atoms in total. The number of ketones is 2. The molecule has 4 fully saturated rings. The van der Waals surface area contributed by atoms with Crippen LogP contribution in [0.5, 0.6) is 0 Å². The largest absolute Gasteiger partial charge is 0.379 e. The van der Waals surface area contributed by atoms with Crippen LogP contribution < -0.4 is 11.1 Å². The number of carbonyl (C=O) groups excluding carboxylic acids is 3. The third-order valence-corrected chi connectivity index (χ3v) is 13.1. The average molecular weight is 623 g/mol. The summed E-state index contributed by atoms with van der Waals surface area (Å²) in [6.07, 6.45) is 10.7. The lowest BCUT2D eigenvalue weighted by atomic mass is 9.44. The third-order valence-electron chi connectivity index (χ3n) is 11.7. The number of hydrogen-bond acceptors (Lipinski definition) is 8. The van der Waals surface area contributed by atoms with E-state index < -0.39 is 0 Å². The number of ether oxygens (including phenoxy) is 3. The van der Waals surface area contributed by atoms with Gasteiger partial charge in [0.05, 0.1) is 31.7 Å². The summed E-state index contributed by atoms with van der Waals surface area (Å²) in [7, 11) is 0. The van der Waals surface area contributed by atoms with E-state index >= 15 is 0 Å². The van der Waals surface area contributed by atoms with E-state index in [1.54, 1.807) is 18.7 Å². The molecule has 0 saturated heterocycles. The van der Waals surface area contributed by atoms with E-state index in [0.717, 1.165) is 38.5 Å². The van der Waals surface area contributed by atoms with Crippen LogP contribution in [0, 0.1) is 40.4 Å². The van der Waals surface area contributed by atoms with Crippen molar-refractivity contribution in [3.8, 4) is 0 Å². The Labute approximate surface area is 264 Å². The predicted molar refractivity (Wildman–Crippen MR) is 171 cm³/mol. The van der Waals surface area contributed by atoms with Gasteiger partial charge in [-0.1, -0.05) is 13.8 Å². The fourth-order valence-electron chi connectivity index (χ4n) is 9.49. The van der Waals surface area contributed by atoms with Gasteiger partial charge in [0.25, 0.3) is 0 Å². The summed E-state index contributed by atoms with van der Waals surface area (Å²) in [4.78, 5) is 38.2. The van der Waals surface area contributed by atoms with Gasteiger partial charge in [0.1, 0.15) is 11.6 Å². The summed E-state index contributed by atoms with van der Waals surface area (Å²) < 4.78 is 16.4. The van der Waals surface area contributed by atoms with Gasteiger partial charge in [-0.25, -0.2) is 0 Å². The Kier molecular flexibility index (Phi) is 13.4. The van der Waals surface area contributed by atoms with Gasteiger partial charge >= 0.3 is 0 Å². The lowest BCUT2D eigenvalue weighted by Crippen LogP contribution is -2.57. The molecule has 0 radical (unpaired) electrons. The molecule has 4 saturated carbocycles. The molecular weight excluding hydrogens is 564 g/mol. The fourth-order valence-corrected chi connectivity index (χ4v) is 11.0. The number of carbonyl (C=O) groups is 3. The van der Waals surface area contributed by atoms with Crippen LogP contribution in [0.3, 0.4) is 0 Å². The second-order valence-electron chi connectivity index (χ2n) is 14.0. The summed E-state index contributed by atoms with van der Waals surface area (Å²) in [5.41, 5.74) is 5.78. The van der Waals surface area contributed by atoms with Crippen LogP contribution in [0.2, 0.25) is 0 Å². The van der Waals surface area contributed by atoms with Gasteiger partial charge in [0, 0.05) is 44.3 Å². The van der Waals surface area contributed by atoms with E-state index in [9.17, 15) is 14.4 Å². The molecule has 4 aliphatic rings. The highest BCUT2D eigenvalue weighted by atomic mass is 32.2. The molecule has 6 unspecified atom stereocenters. The molecule has 0 bridgehead atoms. The van der Waals surface area contributed by atoms with Gasteiger partial charge in [0.2, 0.25) is 5.91 Å². The van der Waals surface area contributed by atoms with Crippen LogP contribution in [-0.4, -0.2) is 81.2 Å². The standard InChI is InChI=1S/C34H58N2O6S/c1-24(37)26-8-9-27-25-6-7-29-32(30(38)11-14-34(29,3)28(25)10-13-33(26,27)2)43-23-12-31(39)36-16-5-18-41-20-22-42-21-19-40-17-4-15-35/h25-29,32H,4-23,35H2,1-3H3,(H,36,39)/t25?,26?,27?,28?,29?,32?,33-,34-/m1/s1. The van der Waals surface area contributed by atoms with E-state index in [1.165, 1.54) is 19.3 Å². The maximum absolute atomic E-state index is 13.2. The second kappa shape index (κ2) is 16.5. The Balaban J connectivity index is 1.13. The normalized spacial score (nSPS) is 35.2. The molecule has 8 atom stereocenters. The number of hydrogen-bond donors (Lipinski definition) is 2. The molecule has 1 amide bonds. The Bertz CT molecular complexity index is 935. The third kappa shape index (κ3) is 8.43. The fraction of sp³-hybridized carbons (Fsp3) is 0.912. The number of thioether (sulfide) groups is 1. The average Bonchev–Trinajstić information content (AvgIpc) is 3.34. The zero-order valence-corrected chi connectivity index (χ0v) is 27.9. The zero-order valence-electron chi connectivity index (χ0n) is 27.0. The number of fused-ring (bicyclic) bond motifs is 5. The molecular formula is C34H58N2O6S. The number of nitrogens with two attached hydrogens (primary N) is 1. The van der Waals surface area contributed by atoms with Gasteiger partial charge in [0.15, 0.2) is 0 Å². The molecule has 3 N–H and O–H groups in total. The molecule has 0 aliphatic heterocycles. The minimum atomic E-state index is 0.0162. The molecule has 0 heterocycles. The van der Waals surface area contributed by atoms with E-state index in [2.05, 4.69) is 19.2 Å². The lowest BCUT2D eigenvalue weighted by Gasteiger charge is -2.61. The topological polar surface area (TPSA) is 117 Å². The van der Waals surface area contributed by atoms with Crippen LogP contribution >= 0.6 is 11.8 Å². The summed E-state index contributed by atoms with van der Waals surface area (Å²) in [6.45, 7) is 11.4. The Morgan fingerprint density at radius 1 is 0.860 bits per heavy atom. The summed E-state index contributed by atoms with van der Waals surface area (Å²) >= 11 is 1.73. The number of amides is 1. The van der Waals surface area contributed by atoms with Crippen molar-refractivity contribution in [2.24, 2.45) is 46.2 Å². The molecule has 4 aliphatic carbocycles. The number of Topliss-reactive ketones (excluding diaryl/α,β-unsaturated/α-hetero) is 2. The summed E-state index contributed by atoms with van der Waals surface area (Å²) in [5.74, 6) is 4.16. The van der Waals surface area contributed by atoms with E-state index in [-0.39, 0.29) is 27.9 Å². The van der Waals surface area contributed by atoms with Gasteiger partial charge in [-0.15, -0.1) is 11.8 Å². The van der Waals surface area contributed by atoms with Crippen molar-refractivity contribution in [2.75, 3.05) is 58.5 Å². The van der Waals surface area contributed by atoms with Crippen LogP contribution in [-0.2, 0) is 28.6 Å². The molecule has 246 valence electrons. The first-order valence-electron chi connectivity index (χ1n) is 17.1. The minimum absolute atomic E-state index is 0.0162. The highest BCUT2D eigenvalue weighted by Gasteiger charge is 2.62. The first kappa shape index (κ1) is 34.9. The molecule has 4 rings (SSSR count). The molecule has 0 aromatic carbocycles. The van der Waals surface area contributed by atoms with Crippen LogP contribution in [0.15, 0.2) is 0 Å². The van der Waals surface area contributed by atoms with Crippen LogP contribution in [0.4, 0.5) is 0 Å². The lowest BCUT2D eigenvalue weighted by molar-refractivity contribution is -0.142. The molecule has 9 heteroatoms. The van der Waals surface area contributed by atoms with Crippen molar-refractivity contribution in [2.45, 2.75) is 96.7 Å². The van der Waals surface area contributed by atoms with Gasteiger partial charge in [-0.3, -0.25) is 14.4 Å². The summed E-state index contributed by atoms with van der Waals surface area (Å²) in [5, 5.41) is 3.02. The highest BCUT2D eigenvalue weighted by Crippen LogP contribution is 2.67. The number of rotatable bonds is 18. The Morgan fingerprint density at radius 2 is 1.51 bits per heavy atom. The van der Waals surface area contributed by atoms with Crippen LogP contribution in [0.1, 0.15) is 91.4 Å². The quantitative estimate of drug-likeness (QED) is 0.209. The van der Waals surface area contributed by atoms with E-state index in [4.69, 9.17) is 19.9 Å².